The lowest BCUT2D eigenvalue weighted by molar-refractivity contribution is 0.661. The van der Waals surface area contributed by atoms with Gasteiger partial charge < -0.3 is 14.7 Å². The Hall–Kier alpha value is -11.0. The fourth-order valence-electron chi connectivity index (χ4n) is 14.1. The molecule has 0 spiro atoms. The Morgan fingerprint density at radius 1 is 0.198 bits per heavy atom. The largest absolute Gasteiger partial charge is 0.310 e. The Morgan fingerprint density at radius 3 is 0.860 bits per heavy atom. The van der Waals surface area contributed by atoms with Gasteiger partial charge in [0.2, 0.25) is 0 Å². The van der Waals surface area contributed by atoms with Crippen LogP contribution in [0.5, 0.6) is 0 Å². The molecule has 0 atom stereocenters. The van der Waals surface area contributed by atoms with Crippen LogP contribution in [0.2, 0.25) is 0 Å². The Balaban J connectivity index is 1.07. The smallest absolute Gasteiger partial charge is 0.0620 e. The Morgan fingerprint density at radius 2 is 0.477 bits per heavy atom. The molecule has 0 heterocycles. The van der Waals surface area contributed by atoms with Crippen LogP contribution in [0.4, 0.5) is 51.2 Å². The number of anilines is 9. The van der Waals surface area contributed by atoms with Gasteiger partial charge in [-0.2, -0.15) is 0 Å². The van der Waals surface area contributed by atoms with Crippen molar-refractivity contribution < 1.29 is 0 Å². The summed E-state index contributed by atoms with van der Waals surface area (Å²) in [7, 11) is 0. The molecule has 0 aliphatic heterocycles. The average Bonchev–Trinajstić information content (AvgIpc) is 1.33. The molecule has 0 fully saturated rings. The minimum Gasteiger partial charge on any atom is -0.310 e. The van der Waals surface area contributed by atoms with Gasteiger partial charge in [0, 0.05) is 66.8 Å². The zero-order valence-corrected chi connectivity index (χ0v) is 47.8. The van der Waals surface area contributed by atoms with E-state index in [0.717, 1.165) is 72.7 Å². The molecular weight excluding hydrogens is 1040 g/mol. The summed E-state index contributed by atoms with van der Waals surface area (Å²) < 4.78 is 0. The van der Waals surface area contributed by atoms with E-state index < -0.39 is 0 Å². The van der Waals surface area contributed by atoms with E-state index in [9.17, 15) is 0 Å². The first-order valence-corrected chi connectivity index (χ1v) is 29.9. The van der Waals surface area contributed by atoms with Crippen LogP contribution in [0.15, 0.2) is 309 Å². The molecule has 0 bridgehead atoms. The van der Waals surface area contributed by atoms with Crippen LogP contribution in [-0.2, 0) is 5.41 Å². The maximum absolute atomic E-state index is 2.57. The highest BCUT2D eigenvalue weighted by Gasteiger charge is 2.37. The Bertz CT molecular complexity index is 5200. The maximum Gasteiger partial charge on any atom is 0.0620 e. The third-order valence-corrected chi connectivity index (χ3v) is 18.4. The zero-order chi connectivity index (χ0) is 57.0. The van der Waals surface area contributed by atoms with Gasteiger partial charge in [0.25, 0.3) is 0 Å². The molecule has 86 heavy (non-hydrogen) atoms. The normalized spacial score (nSPS) is 12.6. The monoisotopic (exact) mass is 1100 g/mol. The fraction of sp³-hybridized carbons (Fsp3) is 0.0361. The van der Waals surface area contributed by atoms with Crippen LogP contribution in [0.25, 0.3) is 97.3 Å². The molecular formula is C83H57N3. The summed E-state index contributed by atoms with van der Waals surface area (Å²) in [6.07, 6.45) is 0. The second kappa shape index (κ2) is 19.6. The van der Waals surface area contributed by atoms with Crippen LogP contribution >= 0.6 is 0 Å². The van der Waals surface area contributed by atoms with Crippen molar-refractivity contribution >= 4 is 137 Å². The fourth-order valence-corrected chi connectivity index (χ4v) is 14.1. The lowest BCUT2D eigenvalue weighted by atomic mass is 9.81. The molecule has 0 unspecified atom stereocenters. The van der Waals surface area contributed by atoms with Gasteiger partial charge >= 0.3 is 0 Å². The van der Waals surface area contributed by atoms with Crippen molar-refractivity contribution in [2.24, 2.45) is 0 Å². The number of hydrogen-bond acceptors (Lipinski definition) is 3. The molecule has 0 aromatic heterocycles. The van der Waals surface area contributed by atoms with Crippen LogP contribution in [-0.4, -0.2) is 0 Å². The SMILES string of the molecule is CC1(C)c2ccccc2-c2cc3c(N(c4ccc5ccccc5c4)c4ccc5ccccc5c4)c4cc(N(c5ccc6ccccc6c5)c5ccc6ccccc6c5)ccc4c(N(c4ccc5ccccc5c4)c4ccc5ccccc5c4)c3cc21. The van der Waals surface area contributed by atoms with Gasteiger partial charge in [-0.1, -0.05) is 226 Å². The summed E-state index contributed by atoms with van der Waals surface area (Å²) in [6.45, 7) is 4.82. The standard InChI is InChI=1S/C83H57N3/c1-83(2)79-30-16-15-29-73(79)75-52-77-78(53-80(75)83)81(85(68-39-33-56-19-5-11-25-62(56)47-68)69-40-34-57-20-6-12-26-63(57)48-69)74-44-43-72(84(66-37-31-54-17-3-9-23-60(54)45-66)67-38-32-55-18-4-10-24-61(55)46-67)51-76(74)82(77)86(70-41-35-58-21-7-13-27-64(58)49-70)71-42-36-59-22-8-14-28-65(59)50-71/h3-53H,1-2H3. The van der Waals surface area contributed by atoms with Gasteiger partial charge in [-0.25, -0.2) is 0 Å². The molecule has 0 saturated carbocycles. The molecule has 1 aliphatic carbocycles. The molecule has 16 aromatic carbocycles. The van der Waals surface area contributed by atoms with Crippen LogP contribution < -0.4 is 14.7 Å². The zero-order valence-electron chi connectivity index (χ0n) is 47.8. The first-order valence-electron chi connectivity index (χ1n) is 29.9. The van der Waals surface area contributed by atoms with Gasteiger partial charge in [0.15, 0.2) is 0 Å². The predicted octanol–water partition coefficient (Wildman–Crippen LogP) is 23.6. The third-order valence-electron chi connectivity index (χ3n) is 18.4. The number of fused-ring (bicyclic) bond motifs is 11. The molecule has 0 amide bonds. The van der Waals surface area contributed by atoms with Gasteiger partial charge in [-0.3, -0.25) is 0 Å². The van der Waals surface area contributed by atoms with Crippen LogP contribution in [0, 0.1) is 0 Å². The van der Waals surface area contributed by atoms with Gasteiger partial charge in [0.05, 0.1) is 11.4 Å². The van der Waals surface area contributed by atoms with Gasteiger partial charge in [0.1, 0.15) is 0 Å². The number of nitrogens with zero attached hydrogens (tertiary/aromatic N) is 3. The van der Waals surface area contributed by atoms with E-state index >= 15 is 0 Å². The highest BCUT2D eigenvalue weighted by molar-refractivity contribution is 6.25. The molecule has 16 aromatic rings. The summed E-state index contributed by atoms with van der Waals surface area (Å²) in [5, 5.41) is 18.8. The quantitative estimate of drug-likeness (QED) is 0.105. The van der Waals surface area contributed by atoms with Crippen LogP contribution in [0.1, 0.15) is 25.0 Å². The Kier molecular flexibility index (Phi) is 11.3. The second-order valence-corrected chi connectivity index (χ2v) is 23.7. The van der Waals surface area contributed by atoms with Crippen molar-refractivity contribution in [1.29, 1.82) is 0 Å². The van der Waals surface area contributed by atoms with Crippen molar-refractivity contribution in [3.05, 3.63) is 321 Å². The first-order chi connectivity index (χ1) is 42.4. The number of rotatable bonds is 9. The summed E-state index contributed by atoms with van der Waals surface area (Å²) >= 11 is 0. The lowest BCUT2D eigenvalue weighted by Gasteiger charge is -2.34. The summed E-state index contributed by atoms with van der Waals surface area (Å²) in [6, 6.07) is 116. The minimum atomic E-state index is -0.288. The first kappa shape index (κ1) is 49.6. The number of benzene rings is 16. The van der Waals surface area contributed by atoms with Crippen molar-refractivity contribution in [3.63, 3.8) is 0 Å². The van der Waals surface area contributed by atoms with E-state index in [1.807, 2.05) is 0 Å². The lowest BCUT2D eigenvalue weighted by Crippen LogP contribution is -2.17. The van der Waals surface area contributed by atoms with E-state index in [-0.39, 0.29) is 5.41 Å². The van der Waals surface area contributed by atoms with Gasteiger partial charge in [-0.05, 0) is 184 Å². The minimum absolute atomic E-state index is 0.288. The third kappa shape index (κ3) is 8.04. The van der Waals surface area contributed by atoms with E-state index in [0.29, 0.717) is 0 Å². The summed E-state index contributed by atoms with van der Waals surface area (Å²) in [4.78, 5) is 7.60. The molecule has 404 valence electrons. The maximum atomic E-state index is 2.57. The molecule has 17 rings (SSSR count). The van der Waals surface area contributed by atoms with Gasteiger partial charge in [-0.15, -0.1) is 0 Å². The molecule has 0 saturated heterocycles. The molecule has 3 nitrogen and oxygen atoms in total. The molecule has 0 radical (unpaired) electrons. The topological polar surface area (TPSA) is 9.72 Å². The number of hydrogen-bond donors (Lipinski definition) is 0. The van der Waals surface area contributed by atoms with Crippen molar-refractivity contribution in [1.82, 2.24) is 0 Å². The second-order valence-electron chi connectivity index (χ2n) is 23.7. The van der Waals surface area contributed by atoms with E-state index in [1.165, 1.54) is 86.9 Å². The molecule has 3 heteroatoms. The van der Waals surface area contributed by atoms with Crippen molar-refractivity contribution in [2.45, 2.75) is 19.3 Å². The summed E-state index contributed by atoms with van der Waals surface area (Å²) in [5.74, 6) is 0. The molecule has 0 N–H and O–H groups in total. The highest BCUT2D eigenvalue weighted by Crippen LogP contribution is 2.58. The average molecular weight is 1100 g/mol. The molecule has 1 aliphatic rings. The predicted molar refractivity (Wildman–Crippen MR) is 368 cm³/mol. The van der Waals surface area contributed by atoms with Crippen molar-refractivity contribution in [3.8, 4) is 11.1 Å². The summed E-state index contributed by atoms with van der Waals surface area (Å²) in [5.41, 5.74) is 14.6. The Labute approximate surface area is 500 Å². The van der Waals surface area contributed by atoms with Crippen molar-refractivity contribution in [2.75, 3.05) is 14.7 Å². The van der Waals surface area contributed by atoms with Crippen LogP contribution in [0.3, 0.4) is 0 Å². The van der Waals surface area contributed by atoms with E-state index in [4.69, 9.17) is 0 Å². The van der Waals surface area contributed by atoms with E-state index in [1.54, 1.807) is 0 Å². The van der Waals surface area contributed by atoms with E-state index in [2.05, 4.69) is 338 Å². The highest BCUT2D eigenvalue weighted by atomic mass is 15.2.